The molecule has 0 aliphatic heterocycles. The molecule has 0 aliphatic carbocycles. The summed E-state index contributed by atoms with van der Waals surface area (Å²) in [5.41, 5.74) is 2.38. The van der Waals surface area contributed by atoms with Gasteiger partial charge in [0.25, 0.3) is 0 Å². The van der Waals surface area contributed by atoms with Gasteiger partial charge in [0.05, 0.1) is 10.4 Å². The molecule has 0 spiro atoms. The molecule has 0 bridgehead atoms. The second-order valence-corrected chi connectivity index (χ2v) is 4.98. The van der Waals surface area contributed by atoms with Crippen molar-refractivity contribution in [1.29, 1.82) is 0 Å². The van der Waals surface area contributed by atoms with Crippen molar-refractivity contribution in [2.24, 2.45) is 0 Å². The number of benzene rings is 1. The Morgan fingerprint density at radius 1 is 1.40 bits per heavy atom. The summed E-state index contributed by atoms with van der Waals surface area (Å²) >= 11 is 10.7. The van der Waals surface area contributed by atoms with E-state index in [1.807, 2.05) is 12.1 Å². The molecule has 0 saturated carbocycles. The zero-order valence-corrected chi connectivity index (χ0v) is 10.7. The van der Waals surface area contributed by atoms with Crippen molar-refractivity contribution >= 4 is 38.9 Å². The lowest BCUT2D eigenvalue weighted by molar-refractivity contribution is 0.223. The summed E-state index contributed by atoms with van der Waals surface area (Å²) in [5, 5.41) is 10.7. The molecule has 5 heteroatoms. The minimum absolute atomic E-state index is 0.560. The first-order valence-electron chi connectivity index (χ1n) is 4.21. The Balaban J connectivity index is 2.41. The fourth-order valence-corrected chi connectivity index (χ4v) is 2.91. The van der Waals surface area contributed by atoms with Gasteiger partial charge in [0, 0.05) is 10.6 Å². The third-order valence-electron chi connectivity index (χ3n) is 2.00. The number of nitrogens with zero attached hydrogens (tertiary/aromatic N) is 1. The number of hydrogen-bond donors (Lipinski definition) is 1. The number of thiazole rings is 1. The maximum atomic E-state index is 10.1. The highest BCUT2D eigenvalue weighted by Gasteiger charge is 2.18. The first-order chi connectivity index (χ1) is 7.20. The van der Waals surface area contributed by atoms with E-state index in [0.29, 0.717) is 15.2 Å². The van der Waals surface area contributed by atoms with Gasteiger partial charge in [-0.25, -0.2) is 4.98 Å². The molecular weight excluding hydrogens is 298 g/mol. The summed E-state index contributed by atoms with van der Waals surface area (Å²) < 4.78 is 0.667. The molecule has 2 rings (SSSR count). The molecule has 1 N–H and O–H groups in total. The molecule has 15 heavy (non-hydrogen) atoms. The second kappa shape index (κ2) is 4.61. The highest BCUT2D eigenvalue weighted by Crippen LogP contribution is 2.34. The van der Waals surface area contributed by atoms with Crippen molar-refractivity contribution in [2.75, 3.05) is 0 Å². The first-order valence-corrected chi connectivity index (χ1v) is 6.26. The number of rotatable bonds is 2. The molecule has 1 heterocycles. The van der Waals surface area contributed by atoms with Gasteiger partial charge in [0.1, 0.15) is 10.7 Å². The maximum Gasteiger partial charge on any atom is 0.123 e. The van der Waals surface area contributed by atoms with Crippen molar-refractivity contribution in [3.8, 4) is 0 Å². The van der Waals surface area contributed by atoms with E-state index in [9.17, 15) is 5.11 Å². The number of aliphatic hydroxyl groups is 1. The molecule has 1 atom stereocenters. The molecule has 0 fully saturated rings. The van der Waals surface area contributed by atoms with Gasteiger partial charge in [-0.3, -0.25) is 0 Å². The summed E-state index contributed by atoms with van der Waals surface area (Å²) in [6.45, 7) is 0. The van der Waals surface area contributed by atoms with Crippen molar-refractivity contribution < 1.29 is 5.11 Å². The Labute approximate surface area is 105 Å². The predicted octanol–water partition coefficient (Wildman–Crippen LogP) is 3.64. The summed E-state index contributed by atoms with van der Waals surface area (Å²) in [5.74, 6) is 0. The molecule has 78 valence electrons. The molecular formula is C10H7BrClNOS. The molecule has 0 aliphatic rings. The van der Waals surface area contributed by atoms with Gasteiger partial charge in [-0.1, -0.05) is 29.8 Å². The highest BCUT2D eigenvalue weighted by molar-refractivity contribution is 9.10. The van der Waals surface area contributed by atoms with Gasteiger partial charge >= 0.3 is 0 Å². The lowest BCUT2D eigenvalue weighted by atomic mass is 10.1. The van der Waals surface area contributed by atoms with Crippen molar-refractivity contribution in [3.05, 3.63) is 49.8 Å². The molecule has 1 aromatic heterocycles. The van der Waals surface area contributed by atoms with E-state index in [1.54, 1.807) is 17.6 Å². The van der Waals surface area contributed by atoms with E-state index in [-0.39, 0.29) is 0 Å². The number of aromatic nitrogens is 1. The third-order valence-corrected chi connectivity index (χ3v) is 4.12. The van der Waals surface area contributed by atoms with Crippen LogP contribution in [-0.4, -0.2) is 10.1 Å². The van der Waals surface area contributed by atoms with Gasteiger partial charge in [-0.2, -0.15) is 0 Å². The first kappa shape index (κ1) is 11.1. The van der Waals surface area contributed by atoms with E-state index in [2.05, 4.69) is 20.9 Å². The van der Waals surface area contributed by atoms with E-state index >= 15 is 0 Å². The molecule has 2 nitrogen and oxygen atoms in total. The number of halogens is 2. The van der Waals surface area contributed by atoms with Gasteiger partial charge in [-0.15, -0.1) is 11.3 Å². The van der Waals surface area contributed by atoms with Crippen molar-refractivity contribution in [3.63, 3.8) is 0 Å². The molecule has 0 saturated heterocycles. The van der Waals surface area contributed by atoms with Crippen LogP contribution in [0.3, 0.4) is 0 Å². The van der Waals surface area contributed by atoms with Crippen molar-refractivity contribution in [1.82, 2.24) is 4.98 Å². The smallest absolute Gasteiger partial charge is 0.123 e. The fraction of sp³-hybridized carbons (Fsp3) is 0.100. The van der Waals surface area contributed by atoms with E-state index < -0.39 is 6.10 Å². The fourth-order valence-electron chi connectivity index (χ4n) is 1.26. The predicted molar refractivity (Wildman–Crippen MR) is 65.3 cm³/mol. The quantitative estimate of drug-likeness (QED) is 0.919. The monoisotopic (exact) mass is 303 g/mol. The Morgan fingerprint density at radius 3 is 2.73 bits per heavy atom. The van der Waals surface area contributed by atoms with Gasteiger partial charge < -0.3 is 5.11 Å². The van der Waals surface area contributed by atoms with Crippen molar-refractivity contribution in [2.45, 2.75) is 6.10 Å². The summed E-state index contributed by atoms with van der Waals surface area (Å²) in [6.07, 6.45) is -0.722. The zero-order chi connectivity index (χ0) is 10.8. The summed E-state index contributed by atoms with van der Waals surface area (Å²) in [7, 11) is 0. The normalized spacial score (nSPS) is 12.7. The van der Waals surface area contributed by atoms with E-state index in [0.717, 1.165) is 4.88 Å². The highest BCUT2D eigenvalue weighted by atomic mass is 79.9. The standard InChI is InChI=1S/C10H7BrClNOS/c11-10-9(15-5-13-10)8(14)6-3-1-2-4-7(6)12/h1-5,8,14H. The van der Waals surface area contributed by atoms with E-state index in [4.69, 9.17) is 11.6 Å². The van der Waals surface area contributed by atoms with Crippen LogP contribution in [0, 0.1) is 0 Å². The number of aliphatic hydroxyl groups excluding tert-OH is 1. The van der Waals surface area contributed by atoms with Crippen LogP contribution in [0.25, 0.3) is 0 Å². The molecule has 1 aromatic carbocycles. The van der Waals surface area contributed by atoms with Gasteiger partial charge in [-0.05, 0) is 22.0 Å². The van der Waals surface area contributed by atoms with Crippen LogP contribution in [0.2, 0.25) is 5.02 Å². The lowest BCUT2D eigenvalue weighted by Crippen LogP contribution is -1.98. The van der Waals surface area contributed by atoms with Crippen LogP contribution in [0.5, 0.6) is 0 Å². The molecule has 0 amide bonds. The maximum absolute atomic E-state index is 10.1. The Morgan fingerprint density at radius 2 is 2.13 bits per heavy atom. The van der Waals surface area contributed by atoms with Crippen LogP contribution < -0.4 is 0 Å². The number of hydrogen-bond acceptors (Lipinski definition) is 3. The van der Waals surface area contributed by atoms with Crippen LogP contribution >= 0.6 is 38.9 Å². The van der Waals surface area contributed by atoms with Crippen LogP contribution in [0.4, 0.5) is 0 Å². The Hall–Kier alpha value is -0.420. The topological polar surface area (TPSA) is 33.1 Å². The van der Waals surface area contributed by atoms with Gasteiger partial charge in [0.15, 0.2) is 0 Å². The summed E-state index contributed by atoms with van der Waals surface area (Å²) in [4.78, 5) is 4.79. The molecule has 1 unspecified atom stereocenters. The van der Waals surface area contributed by atoms with Crippen LogP contribution in [0.15, 0.2) is 34.4 Å². The third kappa shape index (κ3) is 2.23. The Bertz CT molecular complexity index is 474. The molecule has 0 radical (unpaired) electrons. The second-order valence-electron chi connectivity index (χ2n) is 2.93. The largest absolute Gasteiger partial charge is 0.383 e. The van der Waals surface area contributed by atoms with Crippen LogP contribution in [-0.2, 0) is 0 Å². The molecule has 2 aromatic rings. The SMILES string of the molecule is OC(c1ccccc1Cl)c1scnc1Br. The zero-order valence-electron chi connectivity index (χ0n) is 7.52. The van der Waals surface area contributed by atoms with E-state index in [1.165, 1.54) is 11.3 Å². The average molecular weight is 305 g/mol. The van der Waals surface area contributed by atoms with Crippen LogP contribution in [0.1, 0.15) is 16.5 Å². The average Bonchev–Trinajstić information content (AvgIpc) is 2.64. The minimum atomic E-state index is -0.722. The Kier molecular flexibility index (Phi) is 3.41. The lowest BCUT2D eigenvalue weighted by Gasteiger charge is -2.10. The van der Waals surface area contributed by atoms with Gasteiger partial charge in [0.2, 0.25) is 0 Å². The summed E-state index contributed by atoms with van der Waals surface area (Å²) in [6, 6.07) is 7.24. The minimum Gasteiger partial charge on any atom is -0.383 e.